The second-order valence-electron chi connectivity index (χ2n) is 6.47. The van der Waals surface area contributed by atoms with Crippen LogP contribution < -0.4 is 16.7 Å². The van der Waals surface area contributed by atoms with Crippen molar-refractivity contribution in [3.63, 3.8) is 0 Å². The first-order valence-electron chi connectivity index (χ1n) is 8.20. The summed E-state index contributed by atoms with van der Waals surface area (Å²) >= 11 is 0. The first-order valence-corrected chi connectivity index (χ1v) is 8.20. The van der Waals surface area contributed by atoms with Crippen molar-refractivity contribution in [1.82, 2.24) is 14.5 Å². The van der Waals surface area contributed by atoms with Crippen LogP contribution >= 0.6 is 0 Å². The van der Waals surface area contributed by atoms with Gasteiger partial charge in [0.1, 0.15) is 12.1 Å². The predicted molar refractivity (Wildman–Crippen MR) is 90.3 cm³/mol. The molecular weight excluding hydrogens is 308 g/mol. The lowest BCUT2D eigenvalue weighted by Gasteiger charge is -2.35. The SMILES string of the molecule is Cn1c(=O)n(CC(=O)NC2(C(N)=O)CCCCC2)c2ccccc21. The molecule has 7 nitrogen and oxygen atoms in total. The van der Waals surface area contributed by atoms with E-state index in [1.165, 1.54) is 9.13 Å². The zero-order valence-corrected chi connectivity index (χ0v) is 13.7. The van der Waals surface area contributed by atoms with Crippen LogP contribution in [-0.2, 0) is 23.2 Å². The van der Waals surface area contributed by atoms with Gasteiger partial charge in [0.2, 0.25) is 11.8 Å². The van der Waals surface area contributed by atoms with Gasteiger partial charge in [0.25, 0.3) is 0 Å². The van der Waals surface area contributed by atoms with Gasteiger partial charge in [-0.3, -0.25) is 18.7 Å². The molecule has 24 heavy (non-hydrogen) atoms. The summed E-state index contributed by atoms with van der Waals surface area (Å²) < 4.78 is 2.93. The Bertz CT molecular complexity index is 843. The maximum absolute atomic E-state index is 12.5. The average molecular weight is 330 g/mol. The van der Waals surface area contributed by atoms with Gasteiger partial charge in [-0.1, -0.05) is 31.4 Å². The lowest BCUT2D eigenvalue weighted by molar-refractivity contribution is -0.133. The highest BCUT2D eigenvalue weighted by Gasteiger charge is 2.39. The molecule has 0 spiro atoms. The lowest BCUT2D eigenvalue weighted by Crippen LogP contribution is -2.59. The van der Waals surface area contributed by atoms with E-state index in [2.05, 4.69) is 5.32 Å². The Labute approximate surface area is 139 Å². The third-order valence-corrected chi connectivity index (χ3v) is 4.91. The van der Waals surface area contributed by atoms with Gasteiger partial charge in [-0.25, -0.2) is 4.79 Å². The van der Waals surface area contributed by atoms with E-state index in [1.54, 1.807) is 13.1 Å². The van der Waals surface area contributed by atoms with Crippen molar-refractivity contribution in [3.8, 4) is 0 Å². The molecule has 0 atom stereocenters. The van der Waals surface area contributed by atoms with Crippen molar-refractivity contribution in [2.75, 3.05) is 0 Å². The monoisotopic (exact) mass is 330 g/mol. The number of aryl methyl sites for hydroxylation is 1. The Morgan fingerprint density at radius 1 is 1.17 bits per heavy atom. The van der Waals surface area contributed by atoms with Crippen LogP contribution in [-0.4, -0.2) is 26.5 Å². The Hall–Kier alpha value is -2.57. The second kappa shape index (κ2) is 6.14. The largest absolute Gasteiger partial charge is 0.368 e. The van der Waals surface area contributed by atoms with E-state index in [-0.39, 0.29) is 18.1 Å². The Balaban J connectivity index is 1.86. The molecule has 1 heterocycles. The number of nitrogens with two attached hydrogens (primary N) is 1. The van der Waals surface area contributed by atoms with Crippen molar-refractivity contribution in [2.24, 2.45) is 12.8 Å². The van der Waals surface area contributed by atoms with Crippen molar-refractivity contribution in [3.05, 3.63) is 34.7 Å². The van der Waals surface area contributed by atoms with E-state index in [0.29, 0.717) is 18.4 Å². The van der Waals surface area contributed by atoms with E-state index in [0.717, 1.165) is 24.8 Å². The molecule has 1 aromatic carbocycles. The summed E-state index contributed by atoms with van der Waals surface area (Å²) in [6.45, 7) is -0.130. The molecule has 3 rings (SSSR count). The molecule has 1 aliphatic rings. The molecule has 3 N–H and O–H groups in total. The van der Waals surface area contributed by atoms with Crippen molar-refractivity contribution in [1.29, 1.82) is 0 Å². The molecule has 0 bridgehead atoms. The summed E-state index contributed by atoms with van der Waals surface area (Å²) in [6.07, 6.45) is 3.86. The molecule has 7 heteroatoms. The number of para-hydroxylation sites is 2. The summed E-state index contributed by atoms with van der Waals surface area (Å²) in [7, 11) is 1.67. The Kier molecular flexibility index (Phi) is 4.17. The van der Waals surface area contributed by atoms with E-state index in [1.807, 2.05) is 18.2 Å². The molecule has 1 fully saturated rings. The summed E-state index contributed by atoms with van der Waals surface area (Å²) in [4.78, 5) is 36.8. The van der Waals surface area contributed by atoms with Crippen LogP contribution in [0.2, 0.25) is 0 Å². The van der Waals surface area contributed by atoms with Crippen molar-refractivity contribution < 1.29 is 9.59 Å². The first kappa shape index (κ1) is 16.3. The number of imidazole rings is 1. The number of nitrogens with one attached hydrogen (secondary N) is 1. The number of hydrogen-bond donors (Lipinski definition) is 2. The quantitative estimate of drug-likeness (QED) is 0.860. The number of hydrogen-bond acceptors (Lipinski definition) is 3. The number of carbonyl (C=O) groups excluding carboxylic acids is 2. The van der Waals surface area contributed by atoms with Gasteiger partial charge < -0.3 is 11.1 Å². The maximum Gasteiger partial charge on any atom is 0.329 e. The van der Waals surface area contributed by atoms with Crippen molar-refractivity contribution in [2.45, 2.75) is 44.2 Å². The van der Waals surface area contributed by atoms with Crippen LogP contribution in [0.3, 0.4) is 0 Å². The fourth-order valence-corrected chi connectivity index (χ4v) is 3.55. The number of carbonyl (C=O) groups is 2. The number of aromatic nitrogens is 2. The van der Waals surface area contributed by atoms with Gasteiger partial charge in [0, 0.05) is 7.05 Å². The van der Waals surface area contributed by atoms with E-state index >= 15 is 0 Å². The molecule has 128 valence electrons. The molecule has 2 aromatic rings. The zero-order chi connectivity index (χ0) is 17.3. The zero-order valence-electron chi connectivity index (χ0n) is 13.7. The van der Waals surface area contributed by atoms with Gasteiger partial charge in [-0.15, -0.1) is 0 Å². The van der Waals surface area contributed by atoms with Crippen LogP contribution in [0.4, 0.5) is 0 Å². The highest BCUT2D eigenvalue weighted by atomic mass is 16.2. The second-order valence-corrected chi connectivity index (χ2v) is 6.47. The van der Waals surface area contributed by atoms with Crippen LogP contribution in [0.15, 0.2) is 29.1 Å². The molecule has 0 saturated heterocycles. The number of nitrogens with zero attached hydrogens (tertiary/aromatic N) is 2. The van der Waals surface area contributed by atoms with Crippen LogP contribution in [0, 0.1) is 0 Å². The molecule has 0 unspecified atom stereocenters. The van der Waals surface area contributed by atoms with E-state index < -0.39 is 11.4 Å². The summed E-state index contributed by atoms with van der Waals surface area (Å²) in [6, 6.07) is 7.30. The summed E-state index contributed by atoms with van der Waals surface area (Å²) in [5.74, 6) is -0.866. The van der Waals surface area contributed by atoms with E-state index in [9.17, 15) is 14.4 Å². The molecular formula is C17H22N4O3. The minimum Gasteiger partial charge on any atom is -0.368 e. The highest BCUT2D eigenvalue weighted by Crippen LogP contribution is 2.28. The normalized spacial score (nSPS) is 16.9. The molecule has 2 amide bonds. The minimum absolute atomic E-state index is 0.130. The summed E-state index contributed by atoms with van der Waals surface area (Å²) in [5.41, 5.74) is 5.75. The minimum atomic E-state index is -0.983. The number of fused-ring (bicyclic) bond motifs is 1. The summed E-state index contributed by atoms with van der Waals surface area (Å²) in [5, 5.41) is 2.80. The third-order valence-electron chi connectivity index (χ3n) is 4.91. The molecule has 1 aromatic heterocycles. The smallest absolute Gasteiger partial charge is 0.329 e. The average Bonchev–Trinajstić information content (AvgIpc) is 2.81. The van der Waals surface area contributed by atoms with Gasteiger partial charge in [-0.05, 0) is 25.0 Å². The third kappa shape index (κ3) is 2.70. The Morgan fingerprint density at radius 3 is 2.42 bits per heavy atom. The molecule has 1 aliphatic carbocycles. The number of benzene rings is 1. The molecule has 0 radical (unpaired) electrons. The van der Waals surface area contributed by atoms with Gasteiger partial charge >= 0.3 is 5.69 Å². The number of amides is 2. The van der Waals surface area contributed by atoms with Gasteiger partial charge in [0.15, 0.2) is 0 Å². The Morgan fingerprint density at radius 2 is 1.79 bits per heavy atom. The highest BCUT2D eigenvalue weighted by molar-refractivity contribution is 5.91. The van der Waals surface area contributed by atoms with E-state index in [4.69, 9.17) is 5.73 Å². The predicted octanol–water partition coefficient (Wildman–Crippen LogP) is 0.644. The van der Waals surface area contributed by atoms with Gasteiger partial charge in [-0.2, -0.15) is 0 Å². The van der Waals surface area contributed by atoms with Crippen LogP contribution in [0.25, 0.3) is 11.0 Å². The molecule has 1 saturated carbocycles. The van der Waals surface area contributed by atoms with Crippen molar-refractivity contribution >= 4 is 22.8 Å². The molecule has 0 aliphatic heterocycles. The number of primary amides is 1. The fourth-order valence-electron chi connectivity index (χ4n) is 3.55. The number of rotatable bonds is 4. The maximum atomic E-state index is 12.5. The van der Waals surface area contributed by atoms with Crippen LogP contribution in [0.5, 0.6) is 0 Å². The standard InChI is InChI=1S/C17H22N4O3/c1-20-12-7-3-4-8-13(12)21(16(20)24)11-14(22)19-17(15(18)23)9-5-2-6-10-17/h3-4,7-8H,2,5-6,9-11H2,1H3,(H2,18,23)(H,19,22). The topological polar surface area (TPSA) is 99.1 Å². The first-order chi connectivity index (χ1) is 11.4. The fraction of sp³-hybridized carbons (Fsp3) is 0.471. The van der Waals surface area contributed by atoms with Crippen LogP contribution in [0.1, 0.15) is 32.1 Å². The van der Waals surface area contributed by atoms with Gasteiger partial charge in [0.05, 0.1) is 11.0 Å². The lowest BCUT2D eigenvalue weighted by atomic mass is 9.81.